The fourth-order valence-corrected chi connectivity index (χ4v) is 4.73. The van der Waals surface area contributed by atoms with Crippen LogP contribution >= 0.6 is 23.2 Å². The normalized spacial score (nSPS) is 15.5. The van der Waals surface area contributed by atoms with Gasteiger partial charge in [0, 0.05) is 53.7 Å². The lowest BCUT2D eigenvalue weighted by Gasteiger charge is -2.32. The van der Waals surface area contributed by atoms with Crippen LogP contribution in [0.25, 0.3) is 22.2 Å². The summed E-state index contributed by atoms with van der Waals surface area (Å²) in [7, 11) is 0. The van der Waals surface area contributed by atoms with Crippen molar-refractivity contribution in [2.75, 3.05) is 13.1 Å². The van der Waals surface area contributed by atoms with Crippen LogP contribution in [-0.2, 0) is 6.54 Å². The van der Waals surface area contributed by atoms with E-state index >= 15 is 0 Å². The molecule has 1 fully saturated rings. The second-order valence-corrected chi connectivity index (χ2v) is 8.93. The SMILES string of the molecule is O=c1[nH]c2cc(Cl)ccc2n1C1CCN(Cc2cncc(-c3ccc(Cl)cc3)c2)CC1. The molecule has 2 aromatic carbocycles. The van der Waals surface area contributed by atoms with Gasteiger partial charge in [-0.2, -0.15) is 0 Å². The number of aromatic amines is 1. The maximum absolute atomic E-state index is 12.5. The molecule has 158 valence electrons. The number of hydrogen-bond acceptors (Lipinski definition) is 3. The van der Waals surface area contributed by atoms with Gasteiger partial charge in [0.25, 0.3) is 0 Å². The Bertz CT molecular complexity index is 1270. The van der Waals surface area contributed by atoms with E-state index < -0.39 is 0 Å². The number of pyridine rings is 1. The van der Waals surface area contributed by atoms with Crippen LogP contribution in [0.5, 0.6) is 0 Å². The van der Waals surface area contributed by atoms with Gasteiger partial charge in [0.2, 0.25) is 0 Å². The second-order valence-electron chi connectivity index (χ2n) is 8.06. The smallest absolute Gasteiger partial charge is 0.305 e. The number of nitrogens with one attached hydrogen (secondary N) is 1. The first kappa shape index (κ1) is 20.3. The number of H-pyrrole nitrogens is 1. The van der Waals surface area contributed by atoms with E-state index in [1.807, 2.05) is 59.4 Å². The number of halogens is 2. The van der Waals surface area contributed by atoms with Crippen molar-refractivity contribution in [3.63, 3.8) is 0 Å². The molecule has 0 aliphatic carbocycles. The Morgan fingerprint density at radius 1 is 0.935 bits per heavy atom. The summed E-state index contributed by atoms with van der Waals surface area (Å²) in [4.78, 5) is 22.3. The lowest BCUT2D eigenvalue weighted by atomic mass is 10.0. The Morgan fingerprint density at radius 2 is 1.68 bits per heavy atom. The molecule has 1 aliphatic heterocycles. The molecule has 2 aromatic heterocycles. The van der Waals surface area contributed by atoms with Crippen LogP contribution in [0.1, 0.15) is 24.4 Å². The molecule has 5 rings (SSSR count). The Hall–Kier alpha value is -2.60. The van der Waals surface area contributed by atoms with Crippen LogP contribution < -0.4 is 5.69 Å². The van der Waals surface area contributed by atoms with Crippen LogP contribution in [0.4, 0.5) is 0 Å². The monoisotopic (exact) mass is 452 g/mol. The van der Waals surface area contributed by atoms with Gasteiger partial charge in [-0.3, -0.25) is 14.5 Å². The second kappa shape index (κ2) is 8.50. The van der Waals surface area contributed by atoms with Gasteiger partial charge in [-0.1, -0.05) is 35.3 Å². The van der Waals surface area contributed by atoms with Crippen LogP contribution in [0.3, 0.4) is 0 Å². The van der Waals surface area contributed by atoms with Crippen LogP contribution in [0.2, 0.25) is 10.0 Å². The Labute approximate surface area is 190 Å². The predicted molar refractivity (Wildman–Crippen MR) is 126 cm³/mol. The van der Waals surface area contributed by atoms with Gasteiger partial charge >= 0.3 is 5.69 Å². The molecule has 3 heterocycles. The maximum Gasteiger partial charge on any atom is 0.326 e. The van der Waals surface area contributed by atoms with Gasteiger partial charge in [-0.25, -0.2) is 4.79 Å². The molecule has 1 aliphatic rings. The number of nitrogens with zero attached hydrogens (tertiary/aromatic N) is 3. The molecule has 0 amide bonds. The van der Waals surface area contributed by atoms with Crippen molar-refractivity contribution in [1.29, 1.82) is 0 Å². The van der Waals surface area contributed by atoms with E-state index in [0.717, 1.165) is 59.7 Å². The highest BCUT2D eigenvalue weighted by Gasteiger charge is 2.23. The van der Waals surface area contributed by atoms with Crippen molar-refractivity contribution in [2.24, 2.45) is 0 Å². The molecule has 0 unspecified atom stereocenters. The summed E-state index contributed by atoms with van der Waals surface area (Å²) in [6.45, 7) is 2.71. The van der Waals surface area contributed by atoms with Gasteiger partial charge < -0.3 is 4.98 Å². The van der Waals surface area contributed by atoms with Crippen molar-refractivity contribution >= 4 is 34.2 Å². The summed E-state index contributed by atoms with van der Waals surface area (Å²) in [6, 6.07) is 15.8. The minimum atomic E-state index is -0.0596. The fourth-order valence-electron chi connectivity index (χ4n) is 4.43. The van der Waals surface area contributed by atoms with Crippen molar-refractivity contribution in [3.8, 4) is 11.1 Å². The molecule has 4 aromatic rings. The van der Waals surface area contributed by atoms with E-state index in [4.69, 9.17) is 23.2 Å². The molecule has 0 saturated carbocycles. The molecule has 1 saturated heterocycles. The third kappa shape index (κ3) is 4.26. The number of aromatic nitrogens is 3. The summed E-state index contributed by atoms with van der Waals surface area (Å²) >= 11 is 12.1. The number of rotatable bonds is 4. The largest absolute Gasteiger partial charge is 0.326 e. The predicted octanol–water partition coefficient (Wildman–Crippen LogP) is 5.54. The van der Waals surface area contributed by atoms with E-state index in [1.54, 1.807) is 0 Å². The average Bonchev–Trinajstić information content (AvgIpc) is 3.10. The summed E-state index contributed by atoms with van der Waals surface area (Å²) in [5, 5.41) is 1.36. The molecular formula is C24H22Cl2N4O. The van der Waals surface area contributed by atoms with Crippen LogP contribution in [0, 0.1) is 0 Å². The standard InChI is InChI=1S/C24H22Cl2N4O/c25-19-3-1-17(2-4-19)18-11-16(13-27-14-18)15-29-9-7-21(8-10-29)30-23-6-5-20(26)12-22(23)28-24(30)31/h1-6,11-14,21H,7-10,15H2,(H,28,31). The maximum atomic E-state index is 12.5. The summed E-state index contributed by atoms with van der Waals surface area (Å²) in [5.74, 6) is 0. The molecule has 0 bridgehead atoms. The number of benzene rings is 2. The zero-order valence-electron chi connectivity index (χ0n) is 16.9. The molecule has 0 radical (unpaired) electrons. The lowest BCUT2D eigenvalue weighted by molar-refractivity contribution is 0.180. The summed E-state index contributed by atoms with van der Waals surface area (Å²) < 4.78 is 1.89. The minimum Gasteiger partial charge on any atom is -0.305 e. The van der Waals surface area contributed by atoms with Gasteiger partial charge in [0.1, 0.15) is 0 Å². The first-order valence-electron chi connectivity index (χ1n) is 10.4. The van der Waals surface area contributed by atoms with Crippen molar-refractivity contribution in [1.82, 2.24) is 19.4 Å². The third-order valence-electron chi connectivity index (χ3n) is 5.98. The summed E-state index contributed by atoms with van der Waals surface area (Å²) in [6.07, 6.45) is 5.67. The number of hydrogen-bond donors (Lipinski definition) is 1. The quantitative estimate of drug-likeness (QED) is 0.442. The van der Waals surface area contributed by atoms with Gasteiger partial charge in [-0.05, 0) is 60.4 Å². The molecule has 0 spiro atoms. The highest BCUT2D eigenvalue weighted by Crippen LogP contribution is 2.27. The number of imidazole rings is 1. The molecule has 31 heavy (non-hydrogen) atoms. The molecule has 1 N–H and O–H groups in total. The van der Waals surface area contributed by atoms with Crippen molar-refractivity contribution in [2.45, 2.75) is 25.4 Å². The van der Waals surface area contributed by atoms with Crippen LogP contribution in [-0.4, -0.2) is 32.5 Å². The lowest BCUT2D eigenvalue weighted by Crippen LogP contribution is -2.36. The van der Waals surface area contributed by atoms with E-state index in [9.17, 15) is 4.79 Å². The first-order chi connectivity index (χ1) is 15.1. The van der Waals surface area contributed by atoms with Gasteiger partial charge in [0.15, 0.2) is 0 Å². The van der Waals surface area contributed by atoms with Crippen molar-refractivity contribution < 1.29 is 0 Å². The molecule has 0 atom stereocenters. The van der Waals surface area contributed by atoms with E-state index in [0.29, 0.717) is 5.02 Å². The Balaban J connectivity index is 1.28. The molecule has 5 nitrogen and oxygen atoms in total. The number of likely N-dealkylation sites (tertiary alicyclic amines) is 1. The molecular weight excluding hydrogens is 431 g/mol. The van der Waals surface area contributed by atoms with E-state index in [-0.39, 0.29) is 11.7 Å². The van der Waals surface area contributed by atoms with Gasteiger partial charge in [-0.15, -0.1) is 0 Å². The fraction of sp³-hybridized carbons (Fsp3) is 0.250. The third-order valence-corrected chi connectivity index (χ3v) is 6.47. The average molecular weight is 453 g/mol. The zero-order valence-corrected chi connectivity index (χ0v) is 18.4. The summed E-state index contributed by atoms with van der Waals surface area (Å²) in [5.41, 5.74) is 5.04. The highest BCUT2D eigenvalue weighted by molar-refractivity contribution is 6.31. The molecule has 7 heteroatoms. The van der Waals surface area contributed by atoms with Crippen molar-refractivity contribution in [3.05, 3.63) is 87.0 Å². The number of fused-ring (bicyclic) bond motifs is 1. The van der Waals surface area contributed by atoms with Crippen LogP contribution in [0.15, 0.2) is 65.7 Å². The topological polar surface area (TPSA) is 53.9 Å². The zero-order chi connectivity index (χ0) is 21.4. The highest BCUT2D eigenvalue weighted by atomic mass is 35.5. The van der Waals surface area contributed by atoms with E-state index in [1.165, 1.54) is 5.56 Å². The van der Waals surface area contributed by atoms with E-state index in [2.05, 4.69) is 20.9 Å². The van der Waals surface area contributed by atoms with Gasteiger partial charge in [0.05, 0.1) is 11.0 Å². The first-order valence-corrected chi connectivity index (χ1v) is 11.1. The Morgan fingerprint density at radius 3 is 2.45 bits per heavy atom. The Kier molecular flexibility index (Phi) is 5.57. The minimum absolute atomic E-state index is 0.0596. The number of piperidine rings is 1.